The Morgan fingerprint density at radius 2 is 1.69 bits per heavy atom. The molecule has 3 aromatic rings. The van der Waals surface area contributed by atoms with Gasteiger partial charge in [-0.1, -0.05) is 56.3 Å². The first kappa shape index (κ1) is 19.6. The molecule has 1 aliphatic heterocycles. The number of hydrogen-bond acceptors (Lipinski definition) is 5. The third-order valence-corrected chi connectivity index (χ3v) is 5.46. The number of aromatic nitrogens is 2. The second-order valence-corrected chi connectivity index (χ2v) is 8.10. The molecule has 2 aromatic carbocycles. The van der Waals surface area contributed by atoms with Crippen LogP contribution in [0.3, 0.4) is 0 Å². The summed E-state index contributed by atoms with van der Waals surface area (Å²) in [6.45, 7) is 7.83. The maximum Gasteiger partial charge on any atom is 0.219 e. The minimum absolute atomic E-state index is 0.288. The molecule has 0 bridgehead atoms. The number of likely N-dealkylation sites (tertiary alicyclic amines) is 1. The molecular weight excluding hydrogens is 362 g/mol. The molecule has 29 heavy (non-hydrogen) atoms. The fraction of sp³-hybridized carbons (Fsp3) is 0.417. The van der Waals surface area contributed by atoms with Crippen molar-refractivity contribution >= 4 is 0 Å². The highest BCUT2D eigenvalue weighted by Gasteiger charge is 2.25. The molecule has 5 nitrogen and oxygen atoms in total. The molecule has 152 valence electrons. The lowest BCUT2D eigenvalue weighted by Crippen LogP contribution is -2.32. The van der Waals surface area contributed by atoms with Crippen molar-refractivity contribution in [3.63, 3.8) is 0 Å². The van der Waals surface area contributed by atoms with E-state index < -0.39 is 0 Å². The van der Waals surface area contributed by atoms with Gasteiger partial charge in [0.1, 0.15) is 12.4 Å². The van der Waals surface area contributed by atoms with E-state index in [9.17, 15) is 0 Å². The molecule has 1 aromatic heterocycles. The van der Waals surface area contributed by atoms with E-state index in [0.29, 0.717) is 12.5 Å². The number of benzene rings is 2. The summed E-state index contributed by atoms with van der Waals surface area (Å²) in [6.07, 6.45) is 2.13. The van der Waals surface area contributed by atoms with Gasteiger partial charge in [-0.05, 0) is 49.2 Å². The van der Waals surface area contributed by atoms with Crippen molar-refractivity contribution in [2.24, 2.45) is 0 Å². The lowest BCUT2D eigenvalue weighted by atomic mass is 9.96. The van der Waals surface area contributed by atoms with Gasteiger partial charge >= 0.3 is 0 Å². The normalized spacial score (nSPS) is 15.7. The SMILES string of the molecule is CC(C)c1nnc(C2CCN(Cc3ccc(OCc4ccccc4)cc3)CC2)o1. The maximum atomic E-state index is 5.88. The summed E-state index contributed by atoms with van der Waals surface area (Å²) in [6, 6.07) is 18.7. The van der Waals surface area contributed by atoms with Crippen molar-refractivity contribution in [2.75, 3.05) is 13.1 Å². The summed E-state index contributed by atoms with van der Waals surface area (Å²) < 4.78 is 11.7. The van der Waals surface area contributed by atoms with Crippen LogP contribution in [0.4, 0.5) is 0 Å². The van der Waals surface area contributed by atoms with Crippen LogP contribution in [0.15, 0.2) is 59.0 Å². The molecule has 4 rings (SSSR count). The number of rotatable bonds is 7. The fourth-order valence-electron chi connectivity index (χ4n) is 3.67. The number of hydrogen-bond donors (Lipinski definition) is 0. The first-order valence-electron chi connectivity index (χ1n) is 10.5. The van der Waals surface area contributed by atoms with Gasteiger partial charge in [-0.15, -0.1) is 10.2 Å². The molecule has 0 atom stereocenters. The van der Waals surface area contributed by atoms with Crippen LogP contribution >= 0.6 is 0 Å². The zero-order valence-corrected chi connectivity index (χ0v) is 17.3. The van der Waals surface area contributed by atoms with E-state index in [1.165, 1.54) is 11.1 Å². The summed E-state index contributed by atoms with van der Waals surface area (Å²) in [7, 11) is 0. The Morgan fingerprint density at radius 3 is 2.34 bits per heavy atom. The number of nitrogens with zero attached hydrogens (tertiary/aromatic N) is 3. The predicted octanol–water partition coefficient (Wildman–Crippen LogP) is 5.15. The first-order valence-corrected chi connectivity index (χ1v) is 10.5. The largest absolute Gasteiger partial charge is 0.489 e. The Morgan fingerprint density at radius 1 is 0.966 bits per heavy atom. The Hall–Kier alpha value is -2.66. The van der Waals surface area contributed by atoms with Crippen LogP contribution in [-0.4, -0.2) is 28.2 Å². The molecule has 0 N–H and O–H groups in total. The topological polar surface area (TPSA) is 51.4 Å². The summed E-state index contributed by atoms with van der Waals surface area (Å²) in [5.74, 6) is 3.15. The van der Waals surface area contributed by atoms with Crippen molar-refractivity contribution in [3.05, 3.63) is 77.5 Å². The van der Waals surface area contributed by atoms with Gasteiger partial charge in [-0.3, -0.25) is 4.90 Å². The zero-order chi connectivity index (χ0) is 20.1. The van der Waals surface area contributed by atoms with E-state index >= 15 is 0 Å². The highest BCUT2D eigenvalue weighted by atomic mass is 16.5. The van der Waals surface area contributed by atoms with Crippen LogP contribution in [0.2, 0.25) is 0 Å². The Bertz CT molecular complexity index is 882. The van der Waals surface area contributed by atoms with Crippen molar-refractivity contribution in [3.8, 4) is 5.75 Å². The number of ether oxygens (including phenoxy) is 1. The number of piperidine rings is 1. The van der Waals surface area contributed by atoms with E-state index in [1.807, 2.05) is 18.2 Å². The Balaban J connectivity index is 1.25. The van der Waals surface area contributed by atoms with Crippen LogP contribution in [0.1, 0.15) is 61.4 Å². The van der Waals surface area contributed by atoms with Crippen LogP contribution in [-0.2, 0) is 13.2 Å². The molecule has 1 saturated heterocycles. The first-order chi connectivity index (χ1) is 14.2. The van der Waals surface area contributed by atoms with Gasteiger partial charge in [0.15, 0.2) is 0 Å². The predicted molar refractivity (Wildman–Crippen MR) is 113 cm³/mol. The Labute approximate surface area is 172 Å². The van der Waals surface area contributed by atoms with Gasteiger partial charge in [0, 0.05) is 18.4 Å². The lowest BCUT2D eigenvalue weighted by molar-refractivity contribution is 0.191. The van der Waals surface area contributed by atoms with Gasteiger partial charge in [0.05, 0.1) is 0 Å². The van der Waals surface area contributed by atoms with E-state index in [1.54, 1.807) is 0 Å². The average Bonchev–Trinajstić information content (AvgIpc) is 3.25. The van der Waals surface area contributed by atoms with Gasteiger partial charge in [0.2, 0.25) is 11.8 Å². The van der Waals surface area contributed by atoms with Crippen LogP contribution in [0.25, 0.3) is 0 Å². The minimum Gasteiger partial charge on any atom is -0.489 e. The lowest BCUT2D eigenvalue weighted by Gasteiger charge is -2.30. The third-order valence-electron chi connectivity index (χ3n) is 5.46. The summed E-state index contributed by atoms with van der Waals surface area (Å²) in [4.78, 5) is 2.50. The van der Waals surface area contributed by atoms with E-state index in [2.05, 4.69) is 65.3 Å². The van der Waals surface area contributed by atoms with Crippen LogP contribution in [0.5, 0.6) is 5.75 Å². The van der Waals surface area contributed by atoms with E-state index in [4.69, 9.17) is 9.15 Å². The molecule has 1 aliphatic rings. The molecule has 0 spiro atoms. The minimum atomic E-state index is 0.288. The molecule has 0 radical (unpaired) electrons. The second-order valence-electron chi connectivity index (χ2n) is 8.10. The van der Waals surface area contributed by atoms with Gasteiger partial charge in [0.25, 0.3) is 0 Å². The van der Waals surface area contributed by atoms with Gasteiger partial charge in [-0.2, -0.15) is 0 Å². The molecular formula is C24H29N3O2. The van der Waals surface area contributed by atoms with Crippen LogP contribution in [0, 0.1) is 0 Å². The summed E-state index contributed by atoms with van der Waals surface area (Å²) in [5, 5.41) is 8.45. The molecule has 5 heteroatoms. The third kappa shape index (κ3) is 5.24. The second kappa shape index (κ2) is 9.23. The van der Waals surface area contributed by atoms with Crippen molar-refractivity contribution in [2.45, 2.75) is 51.7 Å². The van der Waals surface area contributed by atoms with Gasteiger partial charge < -0.3 is 9.15 Å². The standard InChI is InChI=1S/C24H29N3O2/c1-18(2)23-25-26-24(29-23)21-12-14-27(15-13-21)16-19-8-10-22(11-9-19)28-17-20-6-4-3-5-7-20/h3-11,18,21H,12-17H2,1-2H3. The zero-order valence-electron chi connectivity index (χ0n) is 17.3. The highest BCUT2D eigenvalue weighted by molar-refractivity contribution is 5.28. The summed E-state index contributed by atoms with van der Waals surface area (Å²) >= 11 is 0. The van der Waals surface area contributed by atoms with Crippen LogP contribution < -0.4 is 4.74 Å². The highest BCUT2D eigenvalue weighted by Crippen LogP contribution is 2.29. The molecule has 0 amide bonds. The Kier molecular flexibility index (Phi) is 6.25. The molecule has 2 heterocycles. The molecule has 1 fully saturated rings. The quantitative estimate of drug-likeness (QED) is 0.557. The molecule has 0 unspecified atom stereocenters. The smallest absolute Gasteiger partial charge is 0.219 e. The monoisotopic (exact) mass is 391 g/mol. The van der Waals surface area contributed by atoms with Crippen molar-refractivity contribution in [1.82, 2.24) is 15.1 Å². The molecule has 0 saturated carbocycles. The average molecular weight is 392 g/mol. The van der Waals surface area contributed by atoms with Crippen molar-refractivity contribution < 1.29 is 9.15 Å². The maximum absolute atomic E-state index is 5.88. The van der Waals surface area contributed by atoms with Crippen molar-refractivity contribution in [1.29, 1.82) is 0 Å². The fourth-order valence-corrected chi connectivity index (χ4v) is 3.67. The molecule has 0 aliphatic carbocycles. The van der Waals surface area contributed by atoms with E-state index in [-0.39, 0.29) is 5.92 Å². The summed E-state index contributed by atoms with van der Waals surface area (Å²) in [5.41, 5.74) is 2.50. The van der Waals surface area contributed by atoms with Gasteiger partial charge in [-0.25, -0.2) is 0 Å². The van der Waals surface area contributed by atoms with E-state index in [0.717, 1.165) is 50.0 Å².